The van der Waals surface area contributed by atoms with Crippen LogP contribution in [0.1, 0.15) is 17.3 Å². The maximum absolute atomic E-state index is 12.6. The molecule has 0 spiro atoms. The lowest BCUT2D eigenvalue weighted by Gasteiger charge is -2.31. The highest BCUT2D eigenvalue weighted by Crippen LogP contribution is 2.17. The number of rotatable bonds is 6. The predicted molar refractivity (Wildman–Crippen MR) is 83.8 cm³/mol. The van der Waals surface area contributed by atoms with Gasteiger partial charge < -0.3 is 27.2 Å². The Morgan fingerprint density at radius 3 is 2.33 bits per heavy atom. The highest BCUT2D eigenvalue weighted by atomic mass is 35.5. The fraction of sp³-hybridized carbons (Fsp3) is 0.533. The summed E-state index contributed by atoms with van der Waals surface area (Å²) in [6.07, 6.45) is 0. The Balaban J connectivity index is 0.00000288. The lowest BCUT2D eigenvalue weighted by molar-refractivity contribution is -0.904. The van der Waals surface area contributed by atoms with E-state index in [1.807, 2.05) is 0 Å². The van der Waals surface area contributed by atoms with E-state index in [1.165, 1.54) is 33.5 Å². The van der Waals surface area contributed by atoms with Crippen molar-refractivity contribution >= 4 is 16.0 Å². The summed E-state index contributed by atoms with van der Waals surface area (Å²) in [7, 11) is -3.55. The summed E-state index contributed by atoms with van der Waals surface area (Å²) in [6, 6.07) is 5.82. The van der Waals surface area contributed by atoms with E-state index in [0.29, 0.717) is 38.3 Å². The van der Waals surface area contributed by atoms with Crippen molar-refractivity contribution in [1.82, 2.24) is 4.31 Å². The van der Waals surface area contributed by atoms with E-state index >= 15 is 0 Å². The van der Waals surface area contributed by atoms with Crippen LogP contribution in [0.4, 0.5) is 0 Å². The first-order valence-corrected chi connectivity index (χ1v) is 9.14. The Kier molecular flexibility index (Phi) is 8.11. The summed E-state index contributed by atoms with van der Waals surface area (Å²) >= 11 is 0. The maximum atomic E-state index is 12.6. The van der Waals surface area contributed by atoms with Gasteiger partial charge in [0.1, 0.15) is 6.54 Å². The zero-order chi connectivity index (χ0) is 16.9. The number of nitrogens with one attached hydrogen (secondary N) is 1. The predicted octanol–water partition coefficient (Wildman–Crippen LogP) is -4.25. The summed E-state index contributed by atoms with van der Waals surface area (Å²) in [5, 5.41) is 8.94. The number of ether oxygens (including phenoxy) is 1. The zero-order valence-electron chi connectivity index (χ0n) is 13.6. The molecular formula is C15H23ClN2O5S. The molecule has 1 aliphatic rings. The SMILES string of the molecule is CCOC(=O)c1ccc(S(=O)(=O)N2CC[NH+](CCO)CC2)cc1.[Cl-]. The standard InChI is InChI=1S/C15H22N2O5S.ClH/c1-2-22-15(19)13-3-5-14(6-4-13)23(20,21)17-9-7-16(8-10-17)11-12-18;/h3-6,18H,2,7-12H2,1H3;1H. The summed E-state index contributed by atoms with van der Waals surface area (Å²) < 4.78 is 31.6. The van der Waals surface area contributed by atoms with Crippen molar-refractivity contribution in [3.05, 3.63) is 29.8 Å². The summed E-state index contributed by atoms with van der Waals surface area (Å²) in [4.78, 5) is 13.0. The van der Waals surface area contributed by atoms with Crippen LogP contribution < -0.4 is 17.3 Å². The van der Waals surface area contributed by atoms with Gasteiger partial charge >= 0.3 is 5.97 Å². The maximum Gasteiger partial charge on any atom is 0.338 e. The van der Waals surface area contributed by atoms with Gasteiger partial charge in [0, 0.05) is 0 Å². The average Bonchev–Trinajstić information content (AvgIpc) is 2.56. The molecule has 24 heavy (non-hydrogen) atoms. The van der Waals surface area contributed by atoms with Gasteiger partial charge in [0.25, 0.3) is 0 Å². The normalized spacial score (nSPS) is 16.4. The number of benzene rings is 1. The molecule has 1 aliphatic heterocycles. The van der Waals surface area contributed by atoms with E-state index in [4.69, 9.17) is 9.84 Å². The molecule has 0 aromatic heterocycles. The van der Waals surface area contributed by atoms with Crippen LogP contribution in [0.5, 0.6) is 0 Å². The molecule has 0 bridgehead atoms. The quantitative estimate of drug-likeness (QED) is 0.490. The minimum atomic E-state index is -3.55. The van der Waals surface area contributed by atoms with Crippen LogP contribution in [0.2, 0.25) is 0 Å². The van der Waals surface area contributed by atoms with Crippen LogP contribution in [-0.2, 0) is 14.8 Å². The summed E-state index contributed by atoms with van der Waals surface area (Å²) in [5.41, 5.74) is 0.336. The molecule has 0 unspecified atom stereocenters. The number of nitrogens with zero attached hydrogens (tertiary/aromatic N) is 1. The van der Waals surface area contributed by atoms with Gasteiger partial charge in [0.2, 0.25) is 10.0 Å². The lowest BCUT2D eigenvalue weighted by Crippen LogP contribution is -3.15. The van der Waals surface area contributed by atoms with Gasteiger partial charge in [-0.1, -0.05) is 0 Å². The summed E-state index contributed by atoms with van der Waals surface area (Å²) in [5.74, 6) is -0.460. The molecule has 2 rings (SSSR count). The molecule has 1 aromatic rings. The number of hydrogen-bond acceptors (Lipinski definition) is 5. The lowest BCUT2D eigenvalue weighted by atomic mass is 10.2. The van der Waals surface area contributed by atoms with E-state index in [-0.39, 0.29) is 30.5 Å². The molecule has 7 nitrogen and oxygen atoms in total. The molecule has 0 saturated carbocycles. The van der Waals surface area contributed by atoms with Crippen LogP contribution in [0.15, 0.2) is 29.2 Å². The van der Waals surface area contributed by atoms with Gasteiger partial charge in [-0.05, 0) is 31.2 Å². The van der Waals surface area contributed by atoms with Gasteiger partial charge in [0.15, 0.2) is 0 Å². The van der Waals surface area contributed by atoms with E-state index < -0.39 is 16.0 Å². The molecule has 136 valence electrons. The Hall–Kier alpha value is -1.19. The number of piperazine rings is 1. The van der Waals surface area contributed by atoms with Crippen LogP contribution >= 0.6 is 0 Å². The fourth-order valence-electron chi connectivity index (χ4n) is 2.58. The number of halogens is 1. The zero-order valence-corrected chi connectivity index (χ0v) is 15.1. The van der Waals surface area contributed by atoms with Crippen molar-refractivity contribution in [3.8, 4) is 0 Å². The topological polar surface area (TPSA) is 88.4 Å². The van der Waals surface area contributed by atoms with Gasteiger partial charge in [0.05, 0.1) is 49.9 Å². The fourth-order valence-corrected chi connectivity index (χ4v) is 4.02. The van der Waals surface area contributed by atoms with Gasteiger partial charge in [-0.3, -0.25) is 0 Å². The number of quaternary nitrogens is 1. The van der Waals surface area contributed by atoms with Crippen LogP contribution in [-0.4, -0.2) is 69.7 Å². The van der Waals surface area contributed by atoms with Crippen LogP contribution in [0.3, 0.4) is 0 Å². The third kappa shape index (κ3) is 4.90. The monoisotopic (exact) mass is 378 g/mol. The molecule has 1 heterocycles. The third-order valence-electron chi connectivity index (χ3n) is 3.90. The van der Waals surface area contributed by atoms with E-state index in [2.05, 4.69) is 0 Å². The second-order valence-electron chi connectivity index (χ2n) is 5.37. The molecule has 0 radical (unpaired) electrons. The molecule has 0 aliphatic carbocycles. The van der Waals surface area contributed by atoms with E-state index in [0.717, 1.165) is 0 Å². The minimum absolute atomic E-state index is 0. The Morgan fingerprint density at radius 1 is 1.25 bits per heavy atom. The Labute approximate surface area is 148 Å². The number of aliphatic hydroxyl groups is 1. The second kappa shape index (κ2) is 9.33. The Bertz CT molecular complexity index is 628. The number of esters is 1. The van der Waals surface area contributed by atoms with Gasteiger partial charge in [-0.2, -0.15) is 4.31 Å². The molecule has 0 atom stereocenters. The molecular weight excluding hydrogens is 356 g/mol. The molecule has 2 N–H and O–H groups in total. The number of sulfonamides is 1. The van der Waals surface area contributed by atoms with Gasteiger partial charge in [-0.25, -0.2) is 13.2 Å². The van der Waals surface area contributed by atoms with Crippen molar-refractivity contribution < 1.29 is 40.4 Å². The Morgan fingerprint density at radius 2 is 1.83 bits per heavy atom. The number of carbonyl (C=O) groups is 1. The number of carbonyl (C=O) groups excluding carboxylic acids is 1. The van der Waals surface area contributed by atoms with Crippen molar-refractivity contribution in [3.63, 3.8) is 0 Å². The van der Waals surface area contributed by atoms with Crippen LogP contribution in [0.25, 0.3) is 0 Å². The molecule has 1 aromatic carbocycles. The first kappa shape index (κ1) is 20.9. The number of hydrogen-bond donors (Lipinski definition) is 2. The van der Waals surface area contributed by atoms with Gasteiger partial charge in [-0.15, -0.1) is 0 Å². The third-order valence-corrected chi connectivity index (χ3v) is 5.81. The van der Waals surface area contributed by atoms with Crippen molar-refractivity contribution in [2.24, 2.45) is 0 Å². The first-order valence-electron chi connectivity index (χ1n) is 7.70. The molecule has 1 fully saturated rings. The highest BCUT2D eigenvalue weighted by Gasteiger charge is 2.30. The molecule has 0 amide bonds. The van der Waals surface area contributed by atoms with Crippen molar-refractivity contribution in [2.75, 3.05) is 45.9 Å². The average molecular weight is 379 g/mol. The number of aliphatic hydroxyl groups excluding tert-OH is 1. The summed E-state index contributed by atoms with van der Waals surface area (Å²) in [6.45, 7) is 4.96. The largest absolute Gasteiger partial charge is 1.00 e. The molecule has 1 saturated heterocycles. The van der Waals surface area contributed by atoms with Crippen LogP contribution in [0, 0.1) is 0 Å². The second-order valence-corrected chi connectivity index (χ2v) is 7.31. The first-order chi connectivity index (χ1) is 11.0. The highest BCUT2D eigenvalue weighted by molar-refractivity contribution is 7.89. The van der Waals surface area contributed by atoms with Crippen molar-refractivity contribution in [2.45, 2.75) is 11.8 Å². The van der Waals surface area contributed by atoms with Crippen molar-refractivity contribution in [1.29, 1.82) is 0 Å². The smallest absolute Gasteiger partial charge is 0.338 e. The molecule has 9 heteroatoms. The van der Waals surface area contributed by atoms with E-state index in [9.17, 15) is 13.2 Å². The minimum Gasteiger partial charge on any atom is -1.00 e. The van der Waals surface area contributed by atoms with E-state index in [1.54, 1.807) is 6.92 Å².